The van der Waals surface area contributed by atoms with E-state index in [0.29, 0.717) is 52.5 Å². The maximum atomic E-state index is 13.8. The summed E-state index contributed by atoms with van der Waals surface area (Å²) in [6.07, 6.45) is -0.483. The first-order chi connectivity index (χ1) is 12.5. The number of hydrogen-bond donors (Lipinski definition) is 1. The number of sulfonamides is 1. The van der Waals surface area contributed by atoms with Gasteiger partial charge in [-0.3, -0.25) is 9.80 Å². The van der Waals surface area contributed by atoms with E-state index < -0.39 is 21.9 Å². The van der Waals surface area contributed by atoms with Gasteiger partial charge in [0.1, 0.15) is 10.7 Å². The maximum absolute atomic E-state index is 13.8. The van der Waals surface area contributed by atoms with Gasteiger partial charge >= 0.3 is 0 Å². The zero-order chi connectivity index (χ0) is 18.6. The van der Waals surface area contributed by atoms with Gasteiger partial charge in [0.25, 0.3) is 0 Å². The Kier molecular flexibility index (Phi) is 6.60. The van der Waals surface area contributed by atoms with E-state index in [0.717, 1.165) is 19.2 Å². The van der Waals surface area contributed by atoms with Crippen LogP contribution in [-0.4, -0.2) is 99.3 Å². The summed E-state index contributed by atoms with van der Waals surface area (Å²) in [6.45, 7) is 5.77. The molecule has 26 heavy (non-hydrogen) atoms. The molecule has 0 radical (unpaired) electrons. The second-order valence-corrected chi connectivity index (χ2v) is 8.61. The lowest BCUT2D eigenvalue weighted by molar-refractivity contribution is 0.00469. The summed E-state index contributed by atoms with van der Waals surface area (Å²) in [5.74, 6) is -0.726. The summed E-state index contributed by atoms with van der Waals surface area (Å²) in [5, 5.41) is 10.3. The molecular weight excluding hydrogens is 361 g/mol. The first-order valence-electron chi connectivity index (χ1n) is 8.92. The molecule has 1 atom stereocenters. The Labute approximate surface area is 154 Å². The monoisotopic (exact) mass is 387 g/mol. The predicted octanol–water partition coefficient (Wildman–Crippen LogP) is -0.175. The molecule has 0 unspecified atom stereocenters. The molecule has 1 aromatic rings. The zero-order valence-corrected chi connectivity index (χ0v) is 15.6. The lowest BCUT2D eigenvalue weighted by Gasteiger charge is -2.36. The van der Waals surface area contributed by atoms with Crippen LogP contribution in [0.25, 0.3) is 0 Å². The molecule has 9 heteroatoms. The lowest BCUT2D eigenvalue weighted by atomic mass is 10.2. The van der Waals surface area contributed by atoms with Crippen LogP contribution >= 0.6 is 0 Å². The third-order valence-corrected chi connectivity index (χ3v) is 6.76. The van der Waals surface area contributed by atoms with Crippen molar-refractivity contribution in [1.82, 2.24) is 14.1 Å². The van der Waals surface area contributed by atoms with Crippen molar-refractivity contribution in [3.8, 4) is 0 Å². The molecule has 2 heterocycles. The number of aliphatic hydroxyl groups excluding tert-OH is 1. The highest BCUT2D eigenvalue weighted by atomic mass is 32.2. The van der Waals surface area contributed by atoms with E-state index in [-0.39, 0.29) is 4.90 Å². The Morgan fingerprint density at radius 2 is 1.58 bits per heavy atom. The normalized spacial score (nSPS) is 22.4. The smallest absolute Gasteiger partial charge is 0.246 e. The zero-order valence-electron chi connectivity index (χ0n) is 14.8. The molecular formula is C17H26FN3O4S. The molecule has 2 aliphatic heterocycles. The molecule has 1 aromatic carbocycles. The average Bonchev–Trinajstić information content (AvgIpc) is 2.63. The van der Waals surface area contributed by atoms with E-state index in [1.54, 1.807) is 0 Å². The quantitative estimate of drug-likeness (QED) is 0.731. The SMILES string of the molecule is O=S(=O)(c1ccccc1F)N1CCN(C[C@H](O)CN2CCOCC2)CC1. The fraction of sp³-hybridized carbons (Fsp3) is 0.647. The first-order valence-corrected chi connectivity index (χ1v) is 10.4. The second-order valence-electron chi connectivity index (χ2n) is 6.70. The third kappa shape index (κ3) is 4.79. The summed E-state index contributed by atoms with van der Waals surface area (Å²) >= 11 is 0. The van der Waals surface area contributed by atoms with Gasteiger partial charge in [-0.05, 0) is 12.1 Å². The van der Waals surface area contributed by atoms with Gasteiger partial charge in [-0.2, -0.15) is 4.31 Å². The number of hydrogen-bond acceptors (Lipinski definition) is 6. The molecule has 0 spiro atoms. The fourth-order valence-corrected chi connectivity index (χ4v) is 4.87. The van der Waals surface area contributed by atoms with Crippen molar-refractivity contribution < 1.29 is 22.7 Å². The van der Waals surface area contributed by atoms with Gasteiger partial charge in [0.15, 0.2) is 0 Å². The van der Waals surface area contributed by atoms with Crippen molar-refractivity contribution in [2.45, 2.75) is 11.0 Å². The standard InChI is InChI=1S/C17H26FN3O4S/c18-16-3-1-2-4-17(16)26(23,24)21-7-5-19(6-8-21)13-15(22)14-20-9-11-25-12-10-20/h1-4,15,22H,5-14H2/t15-/m0/s1. The van der Waals surface area contributed by atoms with Crippen LogP contribution < -0.4 is 0 Å². The summed E-state index contributed by atoms with van der Waals surface area (Å²) in [7, 11) is -3.82. The number of nitrogens with zero attached hydrogens (tertiary/aromatic N) is 3. The Hall–Kier alpha value is -1.10. The molecule has 0 aromatic heterocycles. The van der Waals surface area contributed by atoms with Crippen molar-refractivity contribution in [2.75, 3.05) is 65.6 Å². The molecule has 2 fully saturated rings. The third-order valence-electron chi connectivity index (χ3n) is 4.83. The van der Waals surface area contributed by atoms with Crippen LogP contribution in [0.5, 0.6) is 0 Å². The Morgan fingerprint density at radius 3 is 2.19 bits per heavy atom. The minimum absolute atomic E-state index is 0.277. The molecule has 0 aliphatic carbocycles. The number of halogens is 1. The van der Waals surface area contributed by atoms with E-state index in [2.05, 4.69) is 9.80 Å². The number of aliphatic hydroxyl groups is 1. The Bertz CT molecular complexity index is 689. The number of piperazine rings is 1. The molecule has 0 saturated carbocycles. The molecule has 2 aliphatic rings. The highest BCUT2D eigenvalue weighted by Gasteiger charge is 2.31. The van der Waals surface area contributed by atoms with E-state index in [1.165, 1.54) is 22.5 Å². The average molecular weight is 387 g/mol. The van der Waals surface area contributed by atoms with E-state index in [4.69, 9.17) is 4.74 Å². The van der Waals surface area contributed by atoms with Gasteiger partial charge in [0.05, 0.1) is 19.3 Å². The number of morpholine rings is 1. The molecule has 146 valence electrons. The molecule has 0 bridgehead atoms. The van der Waals surface area contributed by atoms with Crippen molar-refractivity contribution >= 4 is 10.0 Å². The molecule has 2 saturated heterocycles. The van der Waals surface area contributed by atoms with Crippen LogP contribution in [0, 0.1) is 5.82 Å². The first kappa shape index (κ1) is 19.7. The van der Waals surface area contributed by atoms with Gasteiger partial charge in [-0.1, -0.05) is 12.1 Å². The lowest BCUT2D eigenvalue weighted by Crippen LogP contribution is -2.52. The summed E-state index contributed by atoms with van der Waals surface area (Å²) < 4.78 is 45.7. The van der Waals surface area contributed by atoms with Gasteiger partial charge < -0.3 is 9.84 Å². The second kappa shape index (κ2) is 8.73. The van der Waals surface area contributed by atoms with Crippen LogP contribution in [0.4, 0.5) is 4.39 Å². The molecule has 3 rings (SSSR count). The Balaban J connectivity index is 1.50. The minimum Gasteiger partial charge on any atom is -0.390 e. The van der Waals surface area contributed by atoms with Crippen molar-refractivity contribution in [3.05, 3.63) is 30.1 Å². The van der Waals surface area contributed by atoms with Crippen LogP contribution in [0.15, 0.2) is 29.2 Å². The van der Waals surface area contributed by atoms with Crippen LogP contribution in [0.1, 0.15) is 0 Å². The predicted molar refractivity (Wildman–Crippen MR) is 94.9 cm³/mol. The molecule has 1 N–H and O–H groups in total. The number of ether oxygens (including phenoxy) is 1. The summed E-state index contributed by atoms with van der Waals surface area (Å²) in [4.78, 5) is 3.95. The topological polar surface area (TPSA) is 73.3 Å². The molecule has 7 nitrogen and oxygen atoms in total. The van der Waals surface area contributed by atoms with Gasteiger partial charge in [0, 0.05) is 52.4 Å². The van der Waals surface area contributed by atoms with E-state index in [9.17, 15) is 17.9 Å². The van der Waals surface area contributed by atoms with E-state index in [1.807, 2.05) is 0 Å². The van der Waals surface area contributed by atoms with Crippen LogP contribution in [0.2, 0.25) is 0 Å². The van der Waals surface area contributed by atoms with Gasteiger partial charge in [-0.25, -0.2) is 12.8 Å². The fourth-order valence-electron chi connectivity index (χ4n) is 3.38. The summed E-state index contributed by atoms with van der Waals surface area (Å²) in [5.41, 5.74) is 0. The van der Waals surface area contributed by atoms with Crippen molar-refractivity contribution in [1.29, 1.82) is 0 Å². The van der Waals surface area contributed by atoms with Crippen molar-refractivity contribution in [3.63, 3.8) is 0 Å². The number of benzene rings is 1. The minimum atomic E-state index is -3.82. The Morgan fingerprint density at radius 1 is 1.00 bits per heavy atom. The summed E-state index contributed by atoms with van der Waals surface area (Å²) in [6, 6.07) is 5.45. The largest absolute Gasteiger partial charge is 0.390 e. The highest BCUT2D eigenvalue weighted by Crippen LogP contribution is 2.20. The molecule has 0 amide bonds. The maximum Gasteiger partial charge on any atom is 0.246 e. The highest BCUT2D eigenvalue weighted by molar-refractivity contribution is 7.89. The van der Waals surface area contributed by atoms with Crippen molar-refractivity contribution in [2.24, 2.45) is 0 Å². The number of β-amino-alcohol motifs (C(OH)–C–C–N with tert-alkyl or cyclic N) is 1. The van der Waals surface area contributed by atoms with Gasteiger partial charge in [0.2, 0.25) is 10.0 Å². The van der Waals surface area contributed by atoms with E-state index >= 15 is 0 Å². The van der Waals surface area contributed by atoms with Crippen LogP contribution in [-0.2, 0) is 14.8 Å². The number of rotatable bonds is 6. The van der Waals surface area contributed by atoms with Crippen LogP contribution in [0.3, 0.4) is 0 Å². The van der Waals surface area contributed by atoms with Gasteiger partial charge in [-0.15, -0.1) is 0 Å².